The lowest BCUT2D eigenvalue weighted by Crippen LogP contribution is -2.12. The number of hydrogen-bond acceptors (Lipinski definition) is 5. The van der Waals surface area contributed by atoms with Crippen LogP contribution in [0.1, 0.15) is 10.5 Å². The lowest BCUT2D eigenvalue weighted by molar-refractivity contribution is 0.0681. The lowest BCUT2D eigenvalue weighted by atomic mass is 10.1. The molecule has 7 heteroatoms. The maximum Gasteiger partial charge on any atom is 0.354 e. The van der Waals surface area contributed by atoms with Gasteiger partial charge < -0.3 is 19.7 Å². The van der Waals surface area contributed by atoms with Crippen molar-refractivity contribution in [3.63, 3.8) is 0 Å². The molecule has 2 heterocycles. The van der Waals surface area contributed by atoms with Crippen molar-refractivity contribution in [1.82, 2.24) is 9.78 Å². The second-order valence-electron chi connectivity index (χ2n) is 4.23. The zero-order valence-corrected chi connectivity index (χ0v) is 10.4. The van der Waals surface area contributed by atoms with Crippen LogP contribution in [-0.2, 0) is 6.54 Å². The van der Waals surface area contributed by atoms with E-state index in [2.05, 4.69) is 5.10 Å². The summed E-state index contributed by atoms with van der Waals surface area (Å²) in [5.74, 6) is 0.177. The van der Waals surface area contributed by atoms with Crippen molar-refractivity contribution in [2.24, 2.45) is 0 Å². The Bertz CT molecular complexity index is 665. The quantitative estimate of drug-likeness (QED) is 0.864. The highest BCUT2D eigenvalue weighted by atomic mass is 16.7. The molecule has 1 aromatic carbocycles. The Morgan fingerprint density at radius 3 is 2.85 bits per heavy atom. The molecule has 1 aliphatic rings. The summed E-state index contributed by atoms with van der Waals surface area (Å²) in [6.07, 6.45) is 0. The van der Waals surface area contributed by atoms with E-state index in [0.29, 0.717) is 17.2 Å². The van der Waals surface area contributed by atoms with Gasteiger partial charge in [-0.15, -0.1) is 0 Å². The Morgan fingerprint density at radius 1 is 1.30 bits per heavy atom. The second-order valence-corrected chi connectivity index (χ2v) is 4.23. The molecule has 0 spiro atoms. The van der Waals surface area contributed by atoms with Crippen LogP contribution in [0.2, 0.25) is 0 Å². The number of ether oxygens (including phenoxy) is 2. The minimum atomic E-state index is -1.09. The van der Waals surface area contributed by atoms with Crippen LogP contribution < -0.4 is 9.47 Å². The van der Waals surface area contributed by atoms with E-state index < -0.39 is 5.97 Å². The summed E-state index contributed by atoms with van der Waals surface area (Å²) in [7, 11) is 0. The summed E-state index contributed by atoms with van der Waals surface area (Å²) in [5, 5.41) is 22.3. The van der Waals surface area contributed by atoms with Gasteiger partial charge in [-0.25, -0.2) is 4.79 Å². The first kappa shape index (κ1) is 12.5. The van der Waals surface area contributed by atoms with Crippen molar-refractivity contribution in [3.05, 3.63) is 30.0 Å². The van der Waals surface area contributed by atoms with E-state index in [0.717, 1.165) is 5.56 Å². The van der Waals surface area contributed by atoms with E-state index in [-0.39, 0.29) is 25.6 Å². The number of aromatic nitrogens is 2. The first-order valence-corrected chi connectivity index (χ1v) is 6.01. The Kier molecular flexibility index (Phi) is 3.03. The fourth-order valence-corrected chi connectivity index (χ4v) is 2.05. The van der Waals surface area contributed by atoms with Crippen molar-refractivity contribution in [1.29, 1.82) is 0 Å². The van der Waals surface area contributed by atoms with Crippen LogP contribution in [0.4, 0.5) is 0 Å². The van der Waals surface area contributed by atoms with Crippen LogP contribution in [0.5, 0.6) is 11.5 Å². The van der Waals surface area contributed by atoms with Crippen LogP contribution in [0.15, 0.2) is 24.3 Å². The Labute approximate surface area is 114 Å². The van der Waals surface area contributed by atoms with Crippen molar-refractivity contribution < 1.29 is 24.5 Å². The third-order valence-corrected chi connectivity index (χ3v) is 2.98. The summed E-state index contributed by atoms with van der Waals surface area (Å²) >= 11 is 0. The van der Waals surface area contributed by atoms with E-state index in [1.165, 1.54) is 10.7 Å². The molecular formula is C13H12N2O5. The van der Waals surface area contributed by atoms with Crippen molar-refractivity contribution in [3.8, 4) is 22.8 Å². The zero-order valence-electron chi connectivity index (χ0n) is 10.4. The van der Waals surface area contributed by atoms with E-state index in [1.807, 2.05) is 0 Å². The van der Waals surface area contributed by atoms with Gasteiger partial charge >= 0.3 is 5.97 Å². The fraction of sp³-hybridized carbons (Fsp3) is 0.231. The molecule has 3 rings (SSSR count). The minimum absolute atomic E-state index is 0.0340. The Balaban J connectivity index is 2.01. The number of hydrogen-bond donors (Lipinski definition) is 2. The van der Waals surface area contributed by atoms with Crippen molar-refractivity contribution in [2.75, 3.05) is 13.4 Å². The molecule has 0 aliphatic carbocycles. The molecule has 0 radical (unpaired) electrons. The summed E-state index contributed by atoms with van der Waals surface area (Å²) in [6.45, 7) is 0.132. The number of benzene rings is 1. The highest BCUT2D eigenvalue weighted by Crippen LogP contribution is 2.35. The van der Waals surface area contributed by atoms with E-state index in [9.17, 15) is 4.79 Å². The zero-order chi connectivity index (χ0) is 14.1. The molecule has 2 aromatic rings. The number of carboxylic acid groups (broad SMARTS) is 1. The van der Waals surface area contributed by atoms with Gasteiger partial charge in [0.05, 0.1) is 18.8 Å². The van der Waals surface area contributed by atoms with E-state index in [4.69, 9.17) is 19.7 Å². The number of aromatic carboxylic acids is 1. The van der Waals surface area contributed by atoms with Crippen LogP contribution in [0.3, 0.4) is 0 Å². The van der Waals surface area contributed by atoms with Gasteiger partial charge in [0.1, 0.15) is 5.69 Å². The first-order chi connectivity index (χ1) is 9.69. The smallest absolute Gasteiger partial charge is 0.354 e. The standard InChI is InChI=1S/C13H12N2O5/c16-4-3-15-10(13(17)18)6-9(14-15)8-1-2-11-12(5-8)20-7-19-11/h1-2,5-6,16H,3-4,7H2,(H,17,18). The lowest BCUT2D eigenvalue weighted by Gasteiger charge is -2.01. The van der Waals surface area contributed by atoms with Gasteiger partial charge in [-0.3, -0.25) is 4.68 Å². The molecule has 20 heavy (non-hydrogen) atoms. The number of carboxylic acids is 1. The van der Waals surface area contributed by atoms with Gasteiger partial charge in [0.15, 0.2) is 11.5 Å². The normalized spacial score (nSPS) is 12.7. The topological polar surface area (TPSA) is 93.8 Å². The molecule has 0 saturated heterocycles. The van der Waals surface area contributed by atoms with Crippen LogP contribution in [-0.4, -0.2) is 39.4 Å². The van der Waals surface area contributed by atoms with Gasteiger partial charge in [-0.2, -0.15) is 5.10 Å². The van der Waals surface area contributed by atoms with Gasteiger partial charge in [0.25, 0.3) is 0 Å². The summed E-state index contributed by atoms with van der Waals surface area (Å²) in [4.78, 5) is 11.1. The second kappa shape index (κ2) is 4.86. The fourth-order valence-electron chi connectivity index (χ4n) is 2.05. The maximum absolute atomic E-state index is 11.1. The third kappa shape index (κ3) is 2.08. The molecule has 7 nitrogen and oxygen atoms in total. The van der Waals surface area contributed by atoms with Crippen molar-refractivity contribution in [2.45, 2.75) is 6.54 Å². The number of aliphatic hydroxyl groups excluding tert-OH is 1. The Morgan fingerprint density at radius 2 is 2.10 bits per heavy atom. The summed E-state index contributed by atoms with van der Waals surface area (Å²) in [6, 6.07) is 6.75. The molecule has 0 atom stereocenters. The van der Waals surface area contributed by atoms with Gasteiger partial charge in [0.2, 0.25) is 6.79 Å². The number of aliphatic hydroxyl groups is 1. The predicted molar refractivity (Wildman–Crippen MR) is 67.8 cm³/mol. The van der Waals surface area contributed by atoms with Crippen LogP contribution >= 0.6 is 0 Å². The number of fused-ring (bicyclic) bond motifs is 1. The molecular weight excluding hydrogens is 264 g/mol. The Hall–Kier alpha value is -2.54. The average Bonchev–Trinajstić information content (AvgIpc) is 3.04. The van der Waals surface area contributed by atoms with Gasteiger partial charge in [0, 0.05) is 5.56 Å². The number of carbonyl (C=O) groups is 1. The molecule has 0 bridgehead atoms. The molecule has 2 N–H and O–H groups in total. The number of rotatable bonds is 4. The highest BCUT2D eigenvalue weighted by Gasteiger charge is 2.18. The van der Waals surface area contributed by atoms with E-state index in [1.54, 1.807) is 18.2 Å². The predicted octanol–water partition coefficient (Wildman–Crippen LogP) is 0.969. The average molecular weight is 276 g/mol. The number of nitrogens with zero attached hydrogens (tertiary/aromatic N) is 2. The first-order valence-electron chi connectivity index (χ1n) is 6.01. The van der Waals surface area contributed by atoms with Gasteiger partial charge in [-0.05, 0) is 24.3 Å². The molecule has 0 amide bonds. The van der Waals surface area contributed by atoms with Crippen LogP contribution in [0.25, 0.3) is 11.3 Å². The maximum atomic E-state index is 11.1. The summed E-state index contributed by atoms with van der Waals surface area (Å²) in [5.41, 5.74) is 1.27. The highest BCUT2D eigenvalue weighted by molar-refractivity contribution is 5.87. The minimum Gasteiger partial charge on any atom is -0.477 e. The molecule has 104 valence electrons. The van der Waals surface area contributed by atoms with Crippen molar-refractivity contribution >= 4 is 5.97 Å². The molecule has 1 aromatic heterocycles. The van der Waals surface area contributed by atoms with E-state index >= 15 is 0 Å². The SMILES string of the molecule is O=C(O)c1cc(-c2ccc3c(c2)OCO3)nn1CCO. The molecule has 0 fully saturated rings. The third-order valence-electron chi connectivity index (χ3n) is 2.98. The largest absolute Gasteiger partial charge is 0.477 e. The van der Waals surface area contributed by atoms with Crippen LogP contribution in [0, 0.1) is 0 Å². The molecule has 0 unspecified atom stereocenters. The van der Waals surface area contributed by atoms with Gasteiger partial charge in [-0.1, -0.05) is 0 Å². The summed E-state index contributed by atoms with van der Waals surface area (Å²) < 4.78 is 11.8. The monoisotopic (exact) mass is 276 g/mol. The molecule has 1 aliphatic heterocycles. The molecule has 0 saturated carbocycles.